The maximum absolute atomic E-state index is 13.4. The van der Waals surface area contributed by atoms with Crippen LogP contribution in [0.15, 0.2) is 60.1 Å². The molecule has 0 fully saturated rings. The maximum atomic E-state index is 13.4. The number of carbonyl (C=O) groups excluding carboxylic acids is 1. The molecule has 2 aromatic carbocycles. The molecule has 1 unspecified atom stereocenters. The van der Waals surface area contributed by atoms with E-state index in [1.165, 1.54) is 11.2 Å². The van der Waals surface area contributed by atoms with E-state index in [1.807, 2.05) is 18.2 Å². The van der Waals surface area contributed by atoms with E-state index in [4.69, 9.17) is 15.2 Å². The van der Waals surface area contributed by atoms with Crippen molar-refractivity contribution in [1.82, 2.24) is 14.9 Å². The molecular weight excluding hydrogens is 370 g/mol. The van der Waals surface area contributed by atoms with E-state index < -0.39 is 5.54 Å². The van der Waals surface area contributed by atoms with Gasteiger partial charge in [-0.15, -0.1) is 0 Å². The van der Waals surface area contributed by atoms with Gasteiger partial charge in [-0.3, -0.25) is 9.69 Å². The number of amides is 1. The minimum Gasteiger partial charge on any atom is -0.497 e. The van der Waals surface area contributed by atoms with Crippen LogP contribution in [-0.4, -0.2) is 40.9 Å². The van der Waals surface area contributed by atoms with Crippen LogP contribution in [0.2, 0.25) is 0 Å². The normalized spacial score (nSPS) is 19.4. The SMILES string of the molecule is COc1ccc2c(c1)Oc1ccc(-c3cncnc3)cc1C21N=C(N)N(C)C1=O. The van der Waals surface area contributed by atoms with Crippen LogP contribution in [0.3, 0.4) is 0 Å². The number of hydrogen-bond donors (Lipinski definition) is 1. The van der Waals surface area contributed by atoms with E-state index in [0.717, 1.165) is 11.1 Å². The lowest BCUT2D eigenvalue weighted by Crippen LogP contribution is -2.42. The predicted molar refractivity (Wildman–Crippen MR) is 106 cm³/mol. The summed E-state index contributed by atoms with van der Waals surface area (Å²) in [6, 6.07) is 10.9. The highest BCUT2D eigenvalue weighted by atomic mass is 16.5. The number of benzene rings is 2. The molecule has 0 bridgehead atoms. The third kappa shape index (κ3) is 2.32. The zero-order chi connectivity index (χ0) is 20.2. The van der Waals surface area contributed by atoms with Crippen LogP contribution in [0.5, 0.6) is 17.2 Å². The van der Waals surface area contributed by atoms with Crippen LogP contribution >= 0.6 is 0 Å². The summed E-state index contributed by atoms with van der Waals surface area (Å²) in [6.07, 6.45) is 4.89. The van der Waals surface area contributed by atoms with Gasteiger partial charge in [0.25, 0.3) is 5.91 Å². The topological polar surface area (TPSA) is 103 Å². The summed E-state index contributed by atoms with van der Waals surface area (Å²) in [5, 5.41) is 0. The Morgan fingerprint density at radius 2 is 1.83 bits per heavy atom. The first-order chi connectivity index (χ1) is 14.0. The number of aromatic nitrogens is 2. The van der Waals surface area contributed by atoms with Crippen molar-refractivity contribution in [2.75, 3.05) is 14.2 Å². The quantitative estimate of drug-likeness (QED) is 0.724. The zero-order valence-corrected chi connectivity index (χ0v) is 15.8. The largest absolute Gasteiger partial charge is 0.497 e. The number of nitrogens with zero attached hydrogens (tertiary/aromatic N) is 4. The van der Waals surface area contributed by atoms with Gasteiger partial charge < -0.3 is 15.2 Å². The van der Waals surface area contributed by atoms with Gasteiger partial charge in [0, 0.05) is 42.2 Å². The fraction of sp³-hybridized carbons (Fsp3) is 0.143. The molecule has 0 radical (unpaired) electrons. The van der Waals surface area contributed by atoms with Crippen LogP contribution in [0.1, 0.15) is 11.1 Å². The molecule has 29 heavy (non-hydrogen) atoms. The molecule has 0 saturated carbocycles. The van der Waals surface area contributed by atoms with E-state index >= 15 is 0 Å². The Hall–Kier alpha value is -3.94. The Morgan fingerprint density at radius 3 is 2.52 bits per heavy atom. The van der Waals surface area contributed by atoms with Crippen molar-refractivity contribution in [3.8, 4) is 28.4 Å². The highest BCUT2D eigenvalue weighted by Crippen LogP contribution is 2.53. The van der Waals surface area contributed by atoms with Crippen LogP contribution in [-0.2, 0) is 10.3 Å². The van der Waals surface area contributed by atoms with Crippen LogP contribution in [0.25, 0.3) is 11.1 Å². The number of carbonyl (C=O) groups is 1. The van der Waals surface area contributed by atoms with Crippen molar-refractivity contribution < 1.29 is 14.3 Å². The van der Waals surface area contributed by atoms with Crippen molar-refractivity contribution in [2.24, 2.45) is 10.7 Å². The van der Waals surface area contributed by atoms with E-state index in [2.05, 4.69) is 15.0 Å². The molecule has 8 heteroatoms. The van der Waals surface area contributed by atoms with Crippen molar-refractivity contribution >= 4 is 11.9 Å². The summed E-state index contributed by atoms with van der Waals surface area (Å²) in [4.78, 5) is 27.6. The number of nitrogens with two attached hydrogens (primary N) is 1. The number of hydrogen-bond acceptors (Lipinski definition) is 7. The highest BCUT2D eigenvalue weighted by molar-refractivity contribution is 6.10. The monoisotopic (exact) mass is 387 g/mol. The standard InChI is InChI=1S/C21H17N5O3/c1-26-19(27)21(25-20(26)22)15-5-4-14(28-2)8-18(15)29-17-6-3-12(7-16(17)21)13-9-23-11-24-10-13/h3-11H,1-2H3,(H2,22,25). The Balaban J connectivity index is 1.79. The van der Waals surface area contributed by atoms with Crippen LogP contribution in [0, 0.1) is 0 Å². The average Bonchev–Trinajstić information content (AvgIpc) is 2.98. The second-order valence-electron chi connectivity index (χ2n) is 6.85. The van der Waals surface area contributed by atoms with Gasteiger partial charge in [-0.25, -0.2) is 15.0 Å². The number of ether oxygens (including phenoxy) is 2. The Kier molecular flexibility index (Phi) is 3.57. The fourth-order valence-corrected chi connectivity index (χ4v) is 3.80. The minimum atomic E-state index is -1.32. The lowest BCUT2D eigenvalue weighted by atomic mass is 9.79. The van der Waals surface area contributed by atoms with Crippen molar-refractivity contribution in [3.05, 3.63) is 66.2 Å². The Labute approximate surface area is 166 Å². The molecule has 8 nitrogen and oxygen atoms in total. The fourth-order valence-electron chi connectivity index (χ4n) is 3.80. The highest BCUT2D eigenvalue weighted by Gasteiger charge is 2.54. The molecule has 3 aromatic rings. The zero-order valence-electron chi connectivity index (χ0n) is 15.8. The van der Waals surface area contributed by atoms with Gasteiger partial charge in [0.15, 0.2) is 5.96 Å². The summed E-state index contributed by atoms with van der Waals surface area (Å²) >= 11 is 0. The van der Waals surface area contributed by atoms with Gasteiger partial charge in [-0.05, 0) is 29.8 Å². The molecule has 1 spiro atoms. The molecule has 3 heterocycles. The molecule has 2 N–H and O–H groups in total. The second-order valence-corrected chi connectivity index (χ2v) is 6.85. The first-order valence-corrected chi connectivity index (χ1v) is 8.94. The van der Waals surface area contributed by atoms with Crippen molar-refractivity contribution in [2.45, 2.75) is 5.54 Å². The van der Waals surface area contributed by atoms with Gasteiger partial charge in [0.1, 0.15) is 23.6 Å². The van der Waals surface area contributed by atoms with Gasteiger partial charge in [0.05, 0.1) is 7.11 Å². The predicted octanol–water partition coefficient (Wildman–Crippen LogP) is 2.29. The van der Waals surface area contributed by atoms with Gasteiger partial charge in [-0.2, -0.15) is 0 Å². The number of methoxy groups -OCH3 is 1. The number of rotatable bonds is 2. The average molecular weight is 387 g/mol. The van der Waals surface area contributed by atoms with E-state index in [-0.39, 0.29) is 11.9 Å². The Morgan fingerprint density at radius 1 is 1.03 bits per heavy atom. The smallest absolute Gasteiger partial charge is 0.266 e. The third-order valence-corrected chi connectivity index (χ3v) is 5.30. The number of fused-ring (bicyclic) bond motifs is 4. The minimum absolute atomic E-state index is 0.151. The molecule has 2 aliphatic rings. The molecule has 1 atom stereocenters. The van der Waals surface area contributed by atoms with E-state index in [1.54, 1.807) is 44.8 Å². The first-order valence-electron chi connectivity index (χ1n) is 8.94. The summed E-state index contributed by atoms with van der Waals surface area (Å²) in [6.45, 7) is 0. The van der Waals surface area contributed by atoms with Crippen molar-refractivity contribution in [3.63, 3.8) is 0 Å². The van der Waals surface area contributed by atoms with Gasteiger partial charge in [-0.1, -0.05) is 6.07 Å². The molecule has 144 valence electrons. The van der Waals surface area contributed by atoms with Crippen molar-refractivity contribution in [1.29, 1.82) is 0 Å². The van der Waals surface area contributed by atoms with Crippen LogP contribution < -0.4 is 15.2 Å². The van der Waals surface area contributed by atoms with Gasteiger partial charge in [0.2, 0.25) is 5.54 Å². The molecule has 0 aliphatic carbocycles. The lowest BCUT2D eigenvalue weighted by molar-refractivity contribution is -0.129. The van der Waals surface area contributed by atoms with E-state index in [0.29, 0.717) is 28.4 Å². The summed E-state index contributed by atoms with van der Waals surface area (Å²) in [7, 11) is 3.19. The summed E-state index contributed by atoms with van der Waals surface area (Å²) < 4.78 is 11.4. The summed E-state index contributed by atoms with van der Waals surface area (Å²) in [5.74, 6) is 1.57. The number of aliphatic imine (C=N–C) groups is 1. The molecule has 2 aliphatic heterocycles. The molecule has 1 aromatic heterocycles. The first kappa shape index (κ1) is 17.2. The second kappa shape index (κ2) is 6.03. The third-order valence-electron chi connectivity index (χ3n) is 5.30. The molecular formula is C21H17N5O3. The summed E-state index contributed by atoms with van der Waals surface area (Å²) in [5.41, 5.74) is 7.65. The van der Waals surface area contributed by atoms with Gasteiger partial charge >= 0.3 is 0 Å². The van der Waals surface area contributed by atoms with E-state index in [9.17, 15) is 4.79 Å². The Bertz CT molecular complexity index is 1180. The number of guanidine groups is 1. The van der Waals surface area contributed by atoms with Crippen LogP contribution in [0.4, 0.5) is 0 Å². The maximum Gasteiger partial charge on any atom is 0.266 e. The molecule has 5 rings (SSSR count). The molecule has 0 saturated heterocycles. The number of likely N-dealkylation sites (N-methyl/N-ethyl adjacent to an activating group) is 1. The lowest BCUT2D eigenvalue weighted by Gasteiger charge is -2.34. The molecule has 1 amide bonds.